The number of rotatable bonds is 7. The fourth-order valence-electron chi connectivity index (χ4n) is 4.33. The molecule has 0 spiro atoms. The van der Waals surface area contributed by atoms with Crippen molar-refractivity contribution in [1.29, 1.82) is 0 Å². The van der Waals surface area contributed by atoms with Gasteiger partial charge in [-0.15, -0.1) is 11.3 Å². The molecule has 0 radical (unpaired) electrons. The van der Waals surface area contributed by atoms with Crippen LogP contribution in [0.15, 0.2) is 41.9 Å². The summed E-state index contributed by atoms with van der Waals surface area (Å²) >= 11 is 2.73. The zero-order chi connectivity index (χ0) is 20.5. The third kappa shape index (κ3) is 3.80. The second kappa shape index (κ2) is 8.55. The van der Waals surface area contributed by atoms with E-state index < -0.39 is 0 Å². The van der Waals surface area contributed by atoms with Crippen LogP contribution in [-0.4, -0.2) is 27.2 Å². The van der Waals surface area contributed by atoms with Gasteiger partial charge in [0.05, 0.1) is 24.5 Å². The normalized spacial score (nSPS) is 19.1. The molecule has 3 aromatic heterocycles. The molecule has 0 saturated heterocycles. The van der Waals surface area contributed by atoms with Gasteiger partial charge in [0.25, 0.3) is 0 Å². The van der Waals surface area contributed by atoms with Crippen molar-refractivity contribution in [2.45, 2.75) is 38.6 Å². The van der Waals surface area contributed by atoms with Gasteiger partial charge in [-0.05, 0) is 55.4 Å². The minimum absolute atomic E-state index is 0.411. The number of anilines is 1. The van der Waals surface area contributed by atoms with Crippen molar-refractivity contribution in [3.63, 3.8) is 0 Å². The van der Waals surface area contributed by atoms with Crippen molar-refractivity contribution in [3.8, 4) is 11.3 Å². The van der Waals surface area contributed by atoms with Gasteiger partial charge in [-0.3, -0.25) is 5.14 Å². The van der Waals surface area contributed by atoms with Crippen molar-refractivity contribution < 1.29 is 4.18 Å². The second-order valence-corrected chi connectivity index (χ2v) is 9.20. The summed E-state index contributed by atoms with van der Waals surface area (Å²) in [5.74, 6) is 1.54. The van der Waals surface area contributed by atoms with E-state index >= 15 is 0 Å². The summed E-state index contributed by atoms with van der Waals surface area (Å²) in [5.41, 5.74) is 4.35. The number of hydrogen-bond acceptors (Lipinski definition) is 7. The van der Waals surface area contributed by atoms with E-state index in [1.807, 2.05) is 16.8 Å². The fraction of sp³-hybridized carbons (Fsp3) is 0.364. The molecule has 1 fully saturated rings. The number of hydrogen-bond donors (Lipinski definition) is 2. The molecule has 1 aliphatic rings. The smallest absolute Gasteiger partial charge is 0.157 e. The molecule has 2 atom stereocenters. The third-order valence-electron chi connectivity index (χ3n) is 5.95. The van der Waals surface area contributed by atoms with Gasteiger partial charge in [0, 0.05) is 39.3 Å². The third-order valence-corrected chi connectivity index (χ3v) is 7.18. The Balaban J connectivity index is 1.43. The quantitative estimate of drug-likeness (QED) is 0.301. The van der Waals surface area contributed by atoms with Gasteiger partial charge >= 0.3 is 0 Å². The van der Waals surface area contributed by atoms with Gasteiger partial charge in [-0.25, -0.2) is 4.98 Å². The Morgan fingerprint density at radius 3 is 3.10 bits per heavy atom. The lowest BCUT2D eigenvalue weighted by atomic mass is 10.1. The predicted octanol–water partition coefficient (Wildman–Crippen LogP) is 5.29. The van der Waals surface area contributed by atoms with Crippen LogP contribution in [0.4, 0.5) is 5.82 Å². The summed E-state index contributed by atoms with van der Waals surface area (Å²) in [6.07, 6.45) is 6.23. The molecule has 3 N–H and O–H groups in total. The summed E-state index contributed by atoms with van der Waals surface area (Å²) in [6, 6.07) is 11.2. The van der Waals surface area contributed by atoms with Crippen LogP contribution >= 0.6 is 23.6 Å². The molecule has 156 valence electrons. The monoisotopic (exact) mass is 439 g/mol. The zero-order valence-electron chi connectivity index (χ0n) is 16.9. The summed E-state index contributed by atoms with van der Waals surface area (Å²) in [4.78, 5) is 4.54. The van der Waals surface area contributed by atoms with Gasteiger partial charge < -0.3 is 9.50 Å². The number of aryl methyl sites for hydroxylation is 1. The van der Waals surface area contributed by atoms with Crippen molar-refractivity contribution in [1.82, 2.24) is 14.6 Å². The number of benzene rings is 1. The van der Waals surface area contributed by atoms with Crippen LogP contribution in [-0.2, 0) is 10.6 Å². The molecular weight excluding hydrogens is 414 g/mol. The Labute approximate surface area is 184 Å². The fourth-order valence-corrected chi connectivity index (χ4v) is 5.54. The first-order valence-corrected chi connectivity index (χ1v) is 12.0. The SMILES string of the molecule is CCc1ccc2scc(-c3cc4nccc(NC5CC[C@@H](COSN)C5)n4n3)c2c1. The lowest BCUT2D eigenvalue weighted by molar-refractivity contribution is 0.290. The predicted molar refractivity (Wildman–Crippen MR) is 126 cm³/mol. The van der Waals surface area contributed by atoms with Crippen LogP contribution in [0.3, 0.4) is 0 Å². The second-order valence-electron chi connectivity index (χ2n) is 7.86. The average Bonchev–Trinajstić information content (AvgIpc) is 3.49. The average molecular weight is 440 g/mol. The number of fused-ring (bicyclic) bond motifs is 2. The van der Waals surface area contributed by atoms with Crippen molar-refractivity contribution >= 4 is 45.1 Å². The Hall–Kier alpha value is -2.13. The first-order chi connectivity index (χ1) is 14.7. The molecule has 1 aromatic carbocycles. The molecule has 5 rings (SSSR count). The molecule has 4 aromatic rings. The summed E-state index contributed by atoms with van der Waals surface area (Å²) in [7, 11) is 0. The van der Waals surface area contributed by atoms with Gasteiger partial charge in [0.15, 0.2) is 5.65 Å². The molecule has 0 amide bonds. The number of nitrogens with zero attached hydrogens (tertiary/aromatic N) is 3. The number of nitrogens with two attached hydrogens (primary N) is 1. The highest BCUT2D eigenvalue weighted by molar-refractivity contribution is 7.92. The van der Waals surface area contributed by atoms with Gasteiger partial charge in [0.1, 0.15) is 5.82 Å². The molecule has 30 heavy (non-hydrogen) atoms. The van der Waals surface area contributed by atoms with Crippen molar-refractivity contribution in [2.24, 2.45) is 11.1 Å². The Morgan fingerprint density at radius 2 is 2.23 bits per heavy atom. The zero-order valence-corrected chi connectivity index (χ0v) is 18.5. The van der Waals surface area contributed by atoms with Crippen LogP contribution in [0.2, 0.25) is 0 Å². The van der Waals surface area contributed by atoms with Gasteiger partial charge in [-0.2, -0.15) is 9.61 Å². The highest BCUT2D eigenvalue weighted by Crippen LogP contribution is 2.35. The lowest BCUT2D eigenvalue weighted by Crippen LogP contribution is -2.18. The van der Waals surface area contributed by atoms with Crippen LogP contribution in [0.5, 0.6) is 0 Å². The minimum atomic E-state index is 0.411. The van der Waals surface area contributed by atoms with E-state index in [-0.39, 0.29) is 0 Å². The minimum Gasteiger partial charge on any atom is -0.367 e. The maximum Gasteiger partial charge on any atom is 0.157 e. The molecule has 1 saturated carbocycles. The molecular formula is C22H25N5OS2. The maximum atomic E-state index is 5.38. The van der Waals surface area contributed by atoms with Gasteiger partial charge in [-0.1, -0.05) is 13.0 Å². The van der Waals surface area contributed by atoms with Crippen LogP contribution in [0, 0.1) is 5.92 Å². The number of thiophene rings is 1. The first kappa shape index (κ1) is 19.8. The molecule has 0 aliphatic heterocycles. The summed E-state index contributed by atoms with van der Waals surface area (Å²) in [6.45, 7) is 2.90. The van der Waals surface area contributed by atoms with Crippen molar-refractivity contribution in [3.05, 3.63) is 47.5 Å². The van der Waals surface area contributed by atoms with E-state index in [1.165, 1.54) is 21.2 Å². The van der Waals surface area contributed by atoms with Crippen LogP contribution < -0.4 is 10.5 Å². The molecule has 8 heteroatoms. The Kier molecular flexibility index (Phi) is 5.64. The standard InChI is InChI=1S/C22H25N5OS2/c1-2-14-4-6-20-17(10-14)18(13-29-20)19-11-22-24-8-7-21(27(22)26-19)25-16-5-3-15(9-16)12-28-30-23/h4,6-8,10-11,13,15-16,25H,2-3,5,9,12,23H2,1H3/t15-,16?/m1/s1. The molecule has 0 bridgehead atoms. The number of aromatic nitrogens is 3. The van der Waals surface area contributed by atoms with E-state index in [0.717, 1.165) is 55.1 Å². The molecule has 1 unspecified atom stereocenters. The highest BCUT2D eigenvalue weighted by Gasteiger charge is 2.25. The molecule has 1 aliphatic carbocycles. The van der Waals surface area contributed by atoms with Crippen LogP contribution in [0.25, 0.3) is 27.0 Å². The topological polar surface area (TPSA) is 77.5 Å². The number of nitrogens with one attached hydrogen (secondary N) is 1. The summed E-state index contributed by atoms with van der Waals surface area (Å²) < 4.78 is 8.55. The van der Waals surface area contributed by atoms with Crippen molar-refractivity contribution in [2.75, 3.05) is 11.9 Å². The first-order valence-electron chi connectivity index (χ1n) is 10.4. The largest absolute Gasteiger partial charge is 0.367 e. The molecule has 6 nitrogen and oxygen atoms in total. The van der Waals surface area contributed by atoms with E-state index in [4.69, 9.17) is 14.4 Å². The Morgan fingerprint density at radius 1 is 1.30 bits per heavy atom. The van der Waals surface area contributed by atoms with E-state index in [1.54, 1.807) is 11.3 Å². The molecule has 3 heterocycles. The summed E-state index contributed by atoms with van der Waals surface area (Å²) in [5, 5.41) is 17.5. The lowest BCUT2D eigenvalue weighted by Gasteiger charge is -2.15. The highest BCUT2D eigenvalue weighted by atomic mass is 32.2. The van der Waals surface area contributed by atoms with Gasteiger partial charge in [0.2, 0.25) is 0 Å². The van der Waals surface area contributed by atoms with E-state index in [2.05, 4.69) is 46.9 Å². The van der Waals surface area contributed by atoms with Crippen LogP contribution in [0.1, 0.15) is 31.7 Å². The van der Waals surface area contributed by atoms with E-state index in [0.29, 0.717) is 18.6 Å². The van der Waals surface area contributed by atoms with E-state index in [9.17, 15) is 0 Å². The maximum absolute atomic E-state index is 5.38. The Bertz CT molecular complexity index is 1170.